The van der Waals surface area contributed by atoms with E-state index in [0.29, 0.717) is 27.6 Å². The lowest BCUT2D eigenvalue weighted by Gasteiger charge is -2.20. The minimum absolute atomic E-state index is 0.306. The monoisotopic (exact) mass is 625 g/mol. The van der Waals surface area contributed by atoms with Crippen molar-refractivity contribution in [1.29, 1.82) is 0 Å². The molecular weight excluding hydrogens is 601 g/mol. The molecule has 224 valence electrons. The molecule has 0 saturated carbocycles. The van der Waals surface area contributed by atoms with E-state index in [1.165, 1.54) is 19.1 Å². The first-order valence-corrected chi connectivity index (χ1v) is 16.0. The van der Waals surface area contributed by atoms with Crippen LogP contribution in [-0.2, 0) is 9.53 Å². The lowest BCUT2D eigenvalue weighted by atomic mass is 10.1. The van der Waals surface area contributed by atoms with Gasteiger partial charge in [0.15, 0.2) is 5.09 Å². The van der Waals surface area contributed by atoms with Crippen molar-refractivity contribution in [1.82, 2.24) is 15.0 Å². The number of thiol groups is 1. The molecule has 8 rings (SSSR count). The molecule has 0 radical (unpaired) electrons. The maximum absolute atomic E-state index is 14.4. The van der Waals surface area contributed by atoms with Crippen LogP contribution in [0.15, 0.2) is 130 Å². The molecule has 3 aromatic heterocycles. The van der Waals surface area contributed by atoms with Crippen LogP contribution in [0.2, 0.25) is 0 Å². The van der Waals surface area contributed by atoms with E-state index in [9.17, 15) is 13.6 Å². The predicted octanol–water partition coefficient (Wildman–Crippen LogP) is 9.68. The number of benzene rings is 4. The largest absolute Gasteiger partial charge is 0.421 e. The Bertz CT molecular complexity index is 2380. The number of hydrogen-bond acceptors (Lipinski definition) is 4. The van der Waals surface area contributed by atoms with Crippen molar-refractivity contribution < 1.29 is 18.3 Å². The molecule has 0 amide bonds. The van der Waals surface area contributed by atoms with E-state index in [1.54, 1.807) is 36.4 Å². The van der Waals surface area contributed by atoms with Crippen LogP contribution in [0.3, 0.4) is 0 Å². The summed E-state index contributed by atoms with van der Waals surface area (Å²) in [5, 5.41) is 2.44. The summed E-state index contributed by atoms with van der Waals surface area (Å²) in [6.07, 6.45) is 1.90. The Kier molecular flexibility index (Phi) is 6.73. The lowest BCUT2D eigenvalue weighted by molar-refractivity contribution is -0.135. The molecule has 1 atom stereocenters. The van der Waals surface area contributed by atoms with E-state index in [-0.39, 0.29) is 17.6 Å². The fourth-order valence-corrected chi connectivity index (χ4v) is 8.25. The van der Waals surface area contributed by atoms with Crippen LogP contribution in [0.1, 0.15) is 12.6 Å². The topological polar surface area (TPSA) is 67.9 Å². The molecule has 5 nitrogen and oxygen atoms in total. The van der Waals surface area contributed by atoms with Crippen molar-refractivity contribution in [2.24, 2.45) is 0 Å². The summed E-state index contributed by atoms with van der Waals surface area (Å²) in [6, 6.07) is 34.9. The number of aromatic nitrogens is 3. The highest BCUT2D eigenvalue weighted by Crippen LogP contribution is 2.59. The summed E-state index contributed by atoms with van der Waals surface area (Å²) in [5.41, 5.74) is 6.37. The maximum atomic E-state index is 14.4. The van der Waals surface area contributed by atoms with Gasteiger partial charge in [-0.25, -0.2) is 18.7 Å². The summed E-state index contributed by atoms with van der Waals surface area (Å²) in [5.74, 6) is -1.00. The molecule has 0 aliphatic carbocycles. The zero-order valence-electron chi connectivity index (χ0n) is 24.5. The van der Waals surface area contributed by atoms with Crippen LogP contribution >= 0.6 is 10.9 Å². The van der Waals surface area contributed by atoms with Crippen molar-refractivity contribution in [3.8, 4) is 33.8 Å². The summed E-state index contributed by atoms with van der Waals surface area (Å²) >= 11 is 0. The number of rotatable bonds is 5. The molecule has 1 N–H and O–H groups in total. The van der Waals surface area contributed by atoms with Gasteiger partial charge >= 0.3 is 5.97 Å². The van der Waals surface area contributed by atoms with Crippen LogP contribution in [0.5, 0.6) is 0 Å². The van der Waals surface area contributed by atoms with Gasteiger partial charge in [0, 0.05) is 45.5 Å². The third kappa shape index (κ3) is 4.93. The van der Waals surface area contributed by atoms with E-state index in [1.807, 2.05) is 54.6 Å². The van der Waals surface area contributed by atoms with Crippen molar-refractivity contribution in [3.63, 3.8) is 0 Å². The number of carbonyl (C=O) groups is 1. The number of esters is 1. The van der Waals surface area contributed by atoms with Gasteiger partial charge < -0.3 is 9.72 Å². The maximum Gasteiger partial charge on any atom is 0.308 e. The number of aromatic amines is 1. The second kappa shape index (κ2) is 11.1. The van der Waals surface area contributed by atoms with Gasteiger partial charge in [0.2, 0.25) is 0 Å². The fraction of sp³-hybridized carbons (Fsp3) is 0.0263. The minimum Gasteiger partial charge on any atom is -0.421 e. The Morgan fingerprint density at radius 2 is 1.33 bits per heavy atom. The Hall–Kier alpha value is -5.60. The molecule has 0 fully saturated rings. The number of halogens is 2. The number of hydrogen-bond donors (Lipinski definition) is 2. The highest BCUT2D eigenvalue weighted by molar-refractivity contribution is 8.20. The lowest BCUT2D eigenvalue weighted by Crippen LogP contribution is -1.98. The van der Waals surface area contributed by atoms with Gasteiger partial charge in [0.05, 0.1) is 28.1 Å². The first-order chi connectivity index (χ1) is 22.4. The van der Waals surface area contributed by atoms with E-state index >= 15 is 0 Å². The number of nitrogens with one attached hydrogen (secondary N) is 1. The number of carbonyl (C=O) groups excluding carboxylic acids is 1. The zero-order valence-corrected chi connectivity index (χ0v) is 25.4. The van der Waals surface area contributed by atoms with Crippen LogP contribution in [0, 0.1) is 11.6 Å². The quantitative estimate of drug-likeness (QED) is 0.148. The second-order valence-corrected chi connectivity index (χ2v) is 13.1. The van der Waals surface area contributed by atoms with Gasteiger partial charge in [-0.05, 0) is 83.3 Å². The highest BCUT2D eigenvalue weighted by atomic mass is 32.2. The molecule has 4 aromatic carbocycles. The molecule has 1 unspecified atom stereocenters. The molecule has 7 aromatic rings. The molecule has 4 heterocycles. The van der Waals surface area contributed by atoms with Crippen LogP contribution < -0.4 is 0 Å². The van der Waals surface area contributed by atoms with E-state index in [4.69, 9.17) is 14.7 Å². The minimum atomic E-state index is -1.17. The number of ether oxygens (including phenoxy) is 1. The van der Waals surface area contributed by atoms with Gasteiger partial charge in [-0.3, -0.25) is 4.79 Å². The first kappa shape index (κ1) is 27.9. The number of fused-ring (bicyclic) bond motifs is 3. The normalized spacial score (nSPS) is 14.8. The smallest absolute Gasteiger partial charge is 0.308 e. The van der Waals surface area contributed by atoms with Crippen LogP contribution in [0.4, 0.5) is 8.78 Å². The van der Waals surface area contributed by atoms with Crippen LogP contribution in [-0.4, -0.2) is 20.9 Å². The molecule has 1 aliphatic heterocycles. The van der Waals surface area contributed by atoms with Crippen molar-refractivity contribution in [2.75, 3.05) is 0 Å². The Labute approximate surface area is 265 Å². The molecular formula is C38H25F2N3O2S. The zero-order chi connectivity index (χ0) is 31.4. The summed E-state index contributed by atoms with van der Waals surface area (Å²) < 4.78 is 34.5. The molecule has 0 spiro atoms. The predicted molar refractivity (Wildman–Crippen MR) is 179 cm³/mol. The third-order valence-electron chi connectivity index (χ3n) is 8.03. The number of H-pyrrole nitrogens is 1. The SMILES string of the molecule is CC(=O)OC1=Cc2[nH]c(-c3ccc4nc(-c5ccccc5F)ccc4c3)cc2[SH]1c1ccc2nc(-c3ccccc3F)ccc2c1. The Balaban J connectivity index is 1.15. The van der Waals surface area contributed by atoms with Crippen LogP contribution in [0.25, 0.3) is 61.7 Å². The second-order valence-electron chi connectivity index (χ2n) is 11.0. The molecule has 0 bridgehead atoms. The van der Waals surface area contributed by atoms with E-state index in [2.05, 4.69) is 23.2 Å². The molecule has 0 saturated heterocycles. The number of pyridine rings is 2. The number of nitrogens with zero attached hydrogens (tertiary/aromatic N) is 2. The summed E-state index contributed by atoms with van der Waals surface area (Å²) in [7, 11) is -1.17. The molecule has 8 heteroatoms. The van der Waals surface area contributed by atoms with Crippen molar-refractivity contribution in [3.05, 3.63) is 138 Å². The van der Waals surface area contributed by atoms with Crippen molar-refractivity contribution >= 4 is 44.7 Å². The van der Waals surface area contributed by atoms with Gasteiger partial charge in [-0.2, -0.15) is 0 Å². The summed E-state index contributed by atoms with van der Waals surface area (Å²) in [4.78, 5) is 27.1. The first-order valence-electron chi connectivity index (χ1n) is 14.7. The molecule has 1 aliphatic rings. The van der Waals surface area contributed by atoms with Crippen molar-refractivity contribution in [2.45, 2.75) is 16.7 Å². The summed E-state index contributed by atoms with van der Waals surface area (Å²) in [6.45, 7) is 1.40. The average molecular weight is 626 g/mol. The Morgan fingerprint density at radius 1 is 0.717 bits per heavy atom. The van der Waals surface area contributed by atoms with Gasteiger partial charge in [0.1, 0.15) is 11.6 Å². The standard InChI is InChI=1S/C38H25F2N3O2S/c1-22(44)45-38-21-36-37(46(38)26-13-17-32-25(19-26)12-16-34(42-32)28-7-3-5-9-30(28)40)20-35(43-36)24-10-14-31-23(18-24)11-15-33(41-31)27-6-2-4-8-29(27)39/h2-21,43,46H,1H3. The van der Waals surface area contributed by atoms with E-state index < -0.39 is 10.9 Å². The average Bonchev–Trinajstić information content (AvgIpc) is 3.61. The van der Waals surface area contributed by atoms with Gasteiger partial charge in [-0.15, -0.1) is 10.9 Å². The Morgan fingerprint density at radius 3 is 1.96 bits per heavy atom. The highest BCUT2D eigenvalue weighted by Gasteiger charge is 2.29. The van der Waals surface area contributed by atoms with Gasteiger partial charge in [-0.1, -0.05) is 42.5 Å². The molecule has 46 heavy (non-hydrogen) atoms. The fourth-order valence-electron chi connectivity index (χ4n) is 5.89. The van der Waals surface area contributed by atoms with Gasteiger partial charge in [0.25, 0.3) is 0 Å². The third-order valence-corrected chi connectivity index (χ3v) is 10.3. The van der Waals surface area contributed by atoms with E-state index in [0.717, 1.165) is 48.5 Å².